The number of aryl methyl sites for hydroxylation is 1. The second-order valence-corrected chi connectivity index (χ2v) is 9.88. The Labute approximate surface area is 243 Å². The maximum absolute atomic E-state index is 13.3. The first-order valence-electron chi connectivity index (χ1n) is 13.3. The predicted octanol–water partition coefficient (Wildman–Crippen LogP) is 7.51. The van der Waals surface area contributed by atoms with E-state index < -0.39 is 11.8 Å². The zero-order valence-corrected chi connectivity index (χ0v) is 23.2. The van der Waals surface area contributed by atoms with Gasteiger partial charge in [0.15, 0.2) is 0 Å². The van der Waals surface area contributed by atoms with Gasteiger partial charge in [-0.3, -0.25) is 14.4 Å². The van der Waals surface area contributed by atoms with Crippen LogP contribution in [0.3, 0.4) is 0 Å². The van der Waals surface area contributed by atoms with Crippen LogP contribution in [-0.4, -0.2) is 17.7 Å². The fraction of sp³-hybridized carbons (Fsp3) is 0.121. The van der Waals surface area contributed by atoms with E-state index in [2.05, 4.69) is 17.6 Å². The summed E-state index contributed by atoms with van der Waals surface area (Å²) in [6.07, 6.45) is 3.25. The average Bonchev–Trinajstić information content (AvgIpc) is 3.20. The third-order valence-corrected chi connectivity index (χ3v) is 6.88. The number of carbonyl (C=O) groups is 3. The van der Waals surface area contributed by atoms with Crippen LogP contribution in [0.4, 0.5) is 17.1 Å². The van der Waals surface area contributed by atoms with Crippen LogP contribution in [0, 0.1) is 0 Å². The molecule has 1 aliphatic rings. The summed E-state index contributed by atoms with van der Waals surface area (Å²) in [6.45, 7) is 2.15. The van der Waals surface area contributed by atoms with E-state index in [1.54, 1.807) is 48.5 Å². The lowest BCUT2D eigenvalue weighted by atomic mass is 10.1. The third kappa shape index (κ3) is 6.48. The van der Waals surface area contributed by atoms with Gasteiger partial charge in [0.2, 0.25) is 0 Å². The number of nitrogens with one attached hydrogen (secondary N) is 2. The molecule has 0 saturated heterocycles. The van der Waals surface area contributed by atoms with Gasteiger partial charge in [-0.25, -0.2) is 4.90 Å². The number of carbonyl (C=O) groups excluding carboxylic acids is 3. The van der Waals surface area contributed by atoms with Crippen molar-refractivity contribution in [2.45, 2.75) is 26.2 Å². The normalized spacial score (nSPS) is 13.0. The van der Waals surface area contributed by atoms with Gasteiger partial charge >= 0.3 is 0 Å². The topological polar surface area (TPSA) is 87.7 Å². The van der Waals surface area contributed by atoms with Crippen molar-refractivity contribution in [1.29, 1.82) is 0 Å². The van der Waals surface area contributed by atoms with Gasteiger partial charge in [-0.15, -0.1) is 0 Å². The number of ether oxygens (including phenoxy) is 1. The molecular formula is C33H28ClN3O4. The summed E-state index contributed by atoms with van der Waals surface area (Å²) in [6, 6.07) is 30.3. The Hall–Kier alpha value is -4.88. The summed E-state index contributed by atoms with van der Waals surface area (Å²) < 4.78 is 5.79. The second kappa shape index (κ2) is 12.5. The molecular weight excluding hydrogens is 538 g/mol. The summed E-state index contributed by atoms with van der Waals surface area (Å²) >= 11 is 6.31. The number of imide groups is 1. The van der Waals surface area contributed by atoms with Gasteiger partial charge in [-0.2, -0.15) is 0 Å². The lowest BCUT2D eigenvalue weighted by Gasteiger charge is -2.16. The smallest absolute Gasteiger partial charge is 0.283 e. The van der Waals surface area contributed by atoms with E-state index in [0.717, 1.165) is 24.2 Å². The van der Waals surface area contributed by atoms with Gasteiger partial charge in [-0.05, 0) is 85.1 Å². The number of amides is 3. The molecule has 0 radical (unpaired) electrons. The molecule has 2 N–H and O–H groups in total. The highest BCUT2D eigenvalue weighted by atomic mass is 35.5. The van der Waals surface area contributed by atoms with Crippen LogP contribution in [0.1, 0.15) is 35.7 Å². The number of halogens is 1. The SMILES string of the molecule is CCCCc1ccc(NC(=O)c2cccc(NC3=C(Cl)C(=O)N(c4ccc(Oc5ccccc5)cc4)C3=O)c2)cc1. The van der Waals surface area contributed by atoms with Crippen LogP contribution in [-0.2, 0) is 16.0 Å². The van der Waals surface area contributed by atoms with Gasteiger partial charge in [0.1, 0.15) is 22.2 Å². The van der Waals surface area contributed by atoms with Gasteiger partial charge < -0.3 is 15.4 Å². The lowest BCUT2D eigenvalue weighted by molar-refractivity contribution is -0.120. The van der Waals surface area contributed by atoms with Crippen LogP contribution in [0.2, 0.25) is 0 Å². The second-order valence-electron chi connectivity index (χ2n) is 9.50. The van der Waals surface area contributed by atoms with Crippen LogP contribution in [0.5, 0.6) is 11.5 Å². The molecule has 7 nitrogen and oxygen atoms in total. The summed E-state index contributed by atoms with van der Waals surface area (Å²) in [7, 11) is 0. The fourth-order valence-electron chi connectivity index (χ4n) is 4.36. The molecule has 0 fully saturated rings. The molecule has 4 aromatic rings. The van der Waals surface area contributed by atoms with E-state index >= 15 is 0 Å². The molecule has 0 unspecified atom stereocenters. The molecule has 0 spiro atoms. The average molecular weight is 566 g/mol. The maximum Gasteiger partial charge on any atom is 0.283 e. The van der Waals surface area contributed by atoms with Crippen molar-refractivity contribution in [1.82, 2.24) is 0 Å². The molecule has 4 aromatic carbocycles. The quantitative estimate of drug-likeness (QED) is 0.194. The number of unbranched alkanes of at least 4 members (excludes halogenated alkanes) is 1. The van der Waals surface area contributed by atoms with Crippen LogP contribution in [0.25, 0.3) is 0 Å². The first-order chi connectivity index (χ1) is 19.9. The van der Waals surface area contributed by atoms with E-state index in [1.807, 2.05) is 54.6 Å². The molecule has 8 heteroatoms. The summed E-state index contributed by atoms with van der Waals surface area (Å²) in [5, 5.41) is 5.58. The molecule has 0 bridgehead atoms. The predicted molar refractivity (Wildman–Crippen MR) is 161 cm³/mol. The van der Waals surface area contributed by atoms with Crippen molar-refractivity contribution in [3.8, 4) is 11.5 Å². The largest absolute Gasteiger partial charge is 0.457 e. The van der Waals surface area contributed by atoms with E-state index in [9.17, 15) is 14.4 Å². The van der Waals surface area contributed by atoms with Gasteiger partial charge in [0.25, 0.3) is 17.7 Å². The Morgan fingerprint density at radius 2 is 1.51 bits per heavy atom. The Bertz CT molecular complexity index is 1600. The van der Waals surface area contributed by atoms with Gasteiger partial charge in [0.05, 0.1) is 5.69 Å². The molecule has 1 heterocycles. The van der Waals surface area contributed by atoms with E-state index in [4.69, 9.17) is 16.3 Å². The number of hydrogen-bond acceptors (Lipinski definition) is 5. The van der Waals surface area contributed by atoms with Crippen molar-refractivity contribution >= 4 is 46.4 Å². The monoisotopic (exact) mass is 565 g/mol. The van der Waals surface area contributed by atoms with Crippen LogP contribution >= 0.6 is 11.6 Å². The zero-order chi connectivity index (χ0) is 28.8. The lowest BCUT2D eigenvalue weighted by Crippen LogP contribution is -2.32. The van der Waals surface area contributed by atoms with Crippen LogP contribution in [0.15, 0.2) is 114 Å². The van der Waals surface area contributed by atoms with E-state index in [-0.39, 0.29) is 16.6 Å². The molecule has 0 saturated carbocycles. The minimum Gasteiger partial charge on any atom is -0.457 e. The fourth-order valence-corrected chi connectivity index (χ4v) is 4.57. The number of nitrogens with zero attached hydrogens (tertiary/aromatic N) is 1. The maximum atomic E-state index is 13.3. The summed E-state index contributed by atoms with van der Waals surface area (Å²) in [5.74, 6) is -0.329. The van der Waals surface area contributed by atoms with Crippen molar-refractivity contribution in [2.75, 3.05) is 15.5 Å². The highest BCUT2D eigenvalue weighted by Gasteiger charge is 2.39. The minimum absolute atomic E-state index is 0.0681. The summed E-state index contributed by atoms with van der Waals surface area (Å²) in [4.78, 5) is 40.1. The van der Waals surface area contributed by atoms with Crippen molar-refractivity contribution in [3.05, 3.63) is 125 Å². The Kier molecular flexibility index (Phi) is 8.46. The number of hydrogen-bond donors (Lipinski definition) is 2. The minimum atomic E-state index is -0.646. The van der Waals surface area contributed by atoms with Crippen molar-refractivity contribution < 1.29 is 19.1 Å². The molecule has 0 aliphatic carbocycles. The number of rotatable bonds is 10. The first-order valence-corrected chi connectivity index (χ1v) is 13.7. The molecule has 1 aliphatic heterocycles. The van der Waals surface area contributed by atoms with Crippen LogP contribution < -0.4 is 20.3 Å². The molecule has 5 rings (SSSR count). The van der Waals surface area contributed by atoms with Crippen molar-refractivity contribution in [2.24, 2.45) is 0 Å². The highest BCUT2D eigenvalue weighted by molar-refractivity contribution is 6.53. The third-order valence-electron chi connectivity index (χ3n) is 6.53. The highest BCUT2D eigenvalue weighted by Crippen LogP contribution is 2.32. The van der Waals surface area contributed by atoms with Crippen molar-refractivity contribution in [3.63, 3.8) is 0 Å². The molecule has 0 atom stereocenters. The number of anilines is 3. The van der Waals surface area contributed by atoms with E-state index in [1.165, 1.54) is 5.56 Å². The Balaban J connectivity index is 1.25. The number of benzene rings is 4. The Morgan fingerprint density at radius 3 is 2.22 bits per heavy atom. The van der Waals surface area contributed by atoms with E-state index in [0.29, 0.717) is 34.1 Å². The zero-order valence-electron chi connectivity index (χ0n) is 22.4. The summed E-state index contributed by atoms with van der Waals surface area (Å²) in [5.41, 5.74) is 3.01. The molecule has 3 amide bonds. The number of para-hydroxylation sites is 1. The van der Waals surface area contributed by atoms with Gasteiger partial charge in [-0.1, -0.05) is 61.3 Å². The van der Waals surface area contributed by atoms with Gasteiger partial charge in [0, 0.05) is 16.9 Å². The standard InChI is InChI=1S/C33H28ClN3O4/c1-2-3-8-22-13-15-24(16-14-22)36-31(38)23-9-7-10-25(21-23)35-30-29(34)32(39)37(33(30)40)26-17-19-28(20-18-26)41-27-11-5-4-6-12-27/h4-7,9-21,35H,2-3,8H2,1H3,(H,36,38). The first kappa shape index (κ1) is 27.7. The molecule has 41 heavy (non-hydrogen) atoms. The Morgan fingerprint density at radius 1 is 0.805 bits per heavy atom. The molecule has 206 valence electrons. The molecule has 0 aromatic heterocycles.